The number of benzene rings is 1. The summed E-state index contributed by atoms with van der Waals surface area (Å²) in [4.78, 5) is 1.31. The van der Waals surface area contributed by atoms with Gasteiger partial charge in [0.05, 0.1) is 0 Å². The summed E-state index contributed by atoms with van der Waals surface area (Å²) in [6, 6.07) is 10.4. The van der Waals surface area contributed by atoms with Crippen molar-refractivity contribution >= 4 is 11.8 Å². The Kier molecular flexibility index (Phi) is 8.18. The molecule has 70 valence electrons. The van der Waals surface area contributed by atoms with Crippen LogP contribution in [0.25, 0.3) is 0 Å². The Hall–Kier alpha value is -0.0926. The van der Waals surface area contributed by atoms with Crippen LogP contribution in [0.1, 0.15) is 20.3 Å². The summed E-state index contributed by atoms with van der Waals surface area (Å²) in [7, 11) is 0. The van der Waals surface area contributed by atoms with Gasteiger partial charge in [0.25, 0.3) is 0 Å². The van der Waals surface area contributed by atoms with Crippen LogP contribution in [-0.4, -0.2) is 0 Å². The van der Waals surface area contributed by atoms with Crippen LogP contribution >= 0.6 is 11.8 Å². The summed E-state index contributed by atoms with van der Waals surface area (Å²) in [5.41, 5.74) is 1.38. The van der Waals surface area contributed by atoms with Gasteiger partial charge in [0.15, 0.2) is 0 Å². The first-order chi connectivity index (χ1) is 6.29. The largest absolute Gasteiger partial charge is 1.00 e. The topological polar surface area (TPSA) is 0 Å². The molecule has 0 fully saturated rings. The molecule has 0 aliphatic heterocycles. The molecule has 0 heterocycles. The van der Waals surface area contributed by atoms with E-state index in [4.69, 9.17) is 0 Å². The quantitative estimate of drug-likeness (QED) is 0.231. The maximum atomic E-state index is 2.23. The van der Waals surface area contributed by atoms with Crippen molar-refractivity contribution in [3.8, 4) is 0 Å². The average molecular weight is 198 g/mol. The zero-order valence-corrected chi connectivity index (χ0v) is 9.97. The fourth-order valence-corrected chi connectivity index (χ4v) is 1.63. The Morgan fingerprint density at radius 3 is 2.50 bits per heavy atom. The van der Waals surface area contributed by atoms with Crippen molar-refractivity contribution in [2.24, 2.45) is 0 Å². The summed E-state index contributed by atoms with van der Waals surface area (Å²) in [5, 5.41) is 0. The first-order valence-electron chi connectivity index (χ1n) is 4.46. The molecule has 0 bridgehead atoms. The van der Waals surface area contributed by atoms with E-state index in [2.05, 4.69) is 49.9 Å². The zero-order chi connectivity index (χ0) is 9.52. The fourth-order valence-electron chi connectivity index (χ4n) is 0.927. The Morgan fingerprint density at radius 1 is 1.29 bits per heavy atom. The maximum Gasteiger partial charge on any atom is 1.00 e. The maximum absolute atomic E-state index is 2.23. The van der Waals surface area contributed by atoms with E-state index in [1.165, 1.54) is 10.5 Å². The molecule has 0 saturated heterocycles. The second-order valence-corrected chi connectivity index (χ2v) is 4.16. The standard InChI is InChI=1S/C12H15S.Li/c1-11(2)7-6-10-13-12-8-4-3-5-9-12;/h3-5,7-10H,6H2,1-2H3;/q-1;+1. The molecule has 0 nitrogen and oxygen atoms in total. The van der Waals surface area contributed by atoms with Gasteiger partial charge >= 0.3 is 18.9 Å². The van der Waals surface area contributed by atoms with Gasteiger partial charge in [-0.2, -0.15) is 6.42 Å². The third kappa shape index (κ3) is 6.37. The monoisotopic (exact) mass is 198 g/mol. The number of hydrogen-bond donors (Lipinski definition) is 0. The molecular formula is C12H15LiS. The molecule has 0 aliphatic carbocycles. The summed E-state index contributed by atoms with van der Waals surface area (Å²) in [6.45, 7) is 4.25. The van der Waals surface area contributed by atoms with Crippen molar-refractivity contribution in [3.63, 3.8) is 0 Å². The van der Waals surface area contributed by atoms with Gasteiger partial charge in [-0.3, -0.25) is 5.75 Å². The molecule has 14 heavy (non-hydrogen) atoms. The molecule has 0 aromatic heterocycles. The predicted molar refractivity (Wildman–Crippen MR) is 60.6 cm³/mol. The van der Waals surface area contributed by atoms with E-state index in [1.807, 2.05) is 6.07 Å². The predicted octanol–water partition coefficient (Wildman–Crippen LogP) is 1.30. The van der Waals surface area contributed by atoms with Gasteiger partial charge in [0.2, 0.25) is 0 Å². The summed E-state index contributed by atoms with van der Waals surface area (Å²) in [6.07, 6.45) is 3.28. The number of allylic oxidation sites excluding steroid dienone is 2. The van der Waals surface area contributed by atoms with E-state index in [1.54, 1.807) is 11.8 Å². The Balaban J connectivity index is 0.00000169. The second-order valence-electron chi connectivity index (χ2n) is 3.11. The van der Waals surface area contributed by atoms with Crippen LogP contribution in [-0.2, 0) is 0 Å². The number of rotatable bonds is 4. The van der Waals surface area contributed by atoms with Crippen molar-refractivity contribution in [2.75, 3.05) is 0 Å². The molecule has 0 amide bonds. The van der Waals surface area contributed by atoms with Crippen molar-refractivity contribution < 1.29 is 18.9 Å². The number of hydrogen-bond acceptors (Lipinski definition) is 1. The molecule has 0 saturated carbocycles. The van der Waals surface area contributed by atoms with Crippen LogP contribution in [0, 0.1) is 5.75 Å². The smallest absolute Gasteiger partial charge is 0.316 e. The van der Waals surface area contributed by atoms with Gasteiger partial charge in [-0.15, -0.1) is 6.08 Å². The molecular weight excluding hydrogens is 183 g/mol. The Bertz CT molecular complexity index is 263. The molecule has 0 radical (unpaired) electrons. The molecule has 2 heteroatoms. The summed E-state index contributed by atoms with van der Waals surface area (Å²) >= 11 is 1.79. The third-order valence-corrected chi connectivity index (χ3v) is 2.49. The average Bonchev–Trinajstić information content (AvgIpc) is 2.14. The molecule has 0 atom stereocenters. The molecule has 1 aromatic carbocycles. The van der Waals surface area contributed by atoms with Gasteiger partial charge in [-0.25, -0.2) is 0 Å². The van der Waals surface area contributed by atoms with Crippen LogP contribution < -0.4 is 18.9 Å². The fraction of sp³-hybridized carbons (Fsp3) is 0.250. The minimum atomic E-state index is 0. The van der Waals surface area contributed by atoms with E-state index in [0.29, 0.717) is 0 Å². The van der Waals surface area contributed by atoms with E-state index in [-0.39, 0.29) is 18.9 Å². The molecule has 0 spiro atoms. The van der Waals surface area contributed by atoms with Crippen molar-refractivity contribution in [1.82, 2.24) is 0 Å². The minimum absolute atomic E-state index is 0. The van der Waals surface area contributed by atoms with Crippen LogP contribution in [0.15, 0.2) is 46.9 Å². The van der Waals surface area contributed by atoms with E-state index in [9.17, 15) is 0 Å². The minimum Gasteiger partial charge on any atom is -0.316 e. The Morgan fingerprint density at radius 2 is 1.93 bits per heavy atom. The van der Waals surface area contributed by atoms with Gasteiger partial charge < -0.3 is 11.8 Å². The van der Waals surface area contributed by atoms with Gasteiger partial charge in [-0.05, 0) is 18.7 Å². The van der Waals surface area contributed by atoms with Crippen LogP contribution in [0.2, 0.25) is 0 Å². The molecule has 0 aliphatic rings. The van der Waals surface area contributed by atoms with Gasteiger partial charge in [0, 0.05) is 0 Å². The van der Waals surface area contributed by atoms with Crippen molar-refractivity contribution in [3.05, 3.63) is 47.7 Å². The first kappa shape index (κ1) is 13.9. The van der Waals surface area contributed by atoms with Crippen LogP contribution in [0.5, 0.6) is 0 Å². The number of thioether (sulfide) groups is 1. The molecule has 0 N–H and O–H groups in total. The van der Waals surface area contributed by atoms with Crippen LogP contribution in [0.3, 0.4) is 0 Å². The molecule has 0 unspecified atom stereocenters. The van der Waals surface area contributed by atoms with E-state index in [0.717, 1.165) is 6.42 Å². The summed E-state index contributed by atoms with van der Waals surface area (Å²) < 4.78 is 0. The summed E-state index contributed by atoms with van der Waals surface area (Å²) in [5.74, 6) is 2.22. The van der Waals surface area contributed by atoms with E-state index < -0.39 is 0 Å². The van der Waals surface area contributed by atoms with Crippen molar-refractivity contribution in [1.29, 1.82) is 0 Å². The molecule has 1 aromatic rings. The third-order valence-electron chi connectivity index (χ3n) is 1.58. The van der Waals surface area contributed by atoms with Crippen LogP contribution in [0.4, 0.5) is 0 Å². The SMILES string of the molecule is CC(C)=CC[CH-]Sc1ccccc1.[Li+]. The normalized spacial score (nSPS) is 9.00. The van der Waals surface area contributed by atoms with Gasteiger partial charge in [0.1, 0.15) is 0 Å². The van der Waals surface area contributed by atoms with Gasteiger partial charge in [-0.1, -0.05) is 35.9 Å². The first-order valence-corrected chi connectivity index (χ1v) is 5.34. The Labute approximate surface area is 103 Å². The zero-order valence-electron chi connectivity index (χ0n) is 9.16. The molecule has 1 rings (SSSR count). The second kappa shape index (κ2) is 8.24. The van der Waals surface area contributed by atoms with Crippen molar-refractivity contribution in [2.45, 2.75) is 25.2 Å². The van der Waals surface area contributed by atoms with E-state index >= 15 is 0 Å².